The van der Waals surface area contributed by atoms with Crippen LogP contribution in [0.4, 0.5) is 4.79 Å². The zero-order chi connectivity index (χ0) is 15.9. The molecule has 22 heavy (non-hydrogen) atoms. The number of hydrogen-bond donors (Lipinski definition) is 3. The van der Waals surface area contributed by atoms with E-state index < -0.39 is 0 Å². The number of aliphatic hydroxyl groups is 1. The molecule has 0 aliphatic carbocycles. The van der Waals surface area contributed by atoms with E-state index in [9.17, 15) is 9.90 Å². The standard InChI is InChI=1S/C17H24N2O3/c1-12(2)15(20)8-10-19-17(21)18-9-7-14-11-13-5-3-4-6-16(13)22-14/h3-6,11-12,15,20H,7-10H2,1-2H3,(H2,18,19,21). The minimum atomic E-state index is -0.379. The fraction of sp³-hybridized carbons (Fsp3) is 0.471. The van der Waals surface area contributed by atoms with Crippen molar-refractivity contribution in [3.8, 4) is 0 Å². The van der Waals surface area contributed by atoms with Crippen molar-refractivity contribution in [2.24, 2.45) is 5.92 Å². The largest absolute Gasteiger partial charge is 0.461 e. The third-order valence-corrected chi connectivity index (χ3v) is 3.63. The molecule has 0 saturated heterocycles. The van der Waals surface area contributed by atoms with Crippen molar-refractivity contribution in [3.05, 3.63) is 36.1 Å². The topological polar surface area (TPSA) is 74.5 Å². The first-order chi connectivity index (χ1) is 10.6. The van der Waals surface area contributed by atoms with Crippen molar-refractivity contribution in [2.45, 2.75) is 32.8 Å². The second kappa shape index (κ2) is 7.84. The van der Waals surface area contributed by atoms with Gasteiger partial charge in [-0.25, -0.2) is 4.79 Å². The Balaban J connectivity index is 1.66. The lowest BCUT2D eigenvalue weighted by atomic mass is 10.0. The van der Waals surface area contributed by atoms with Crippen LogP contribution in [0.25, 0.3) is 11.0 Å². The molecule has 2 rings (SSSR count). The van der Waals surface area contributed by atoms with E-state index in [1.165, 1.54) is 0 Å². The average Bonchev–Trinajstić information content (AvgIpc) is 2.89. The van der Waals surface area contributed by atoms with Gasteiger partial charge in [-0.05, 0) is 24.5 Å². The Morgan fingerprint density at radius 2 is 1.95 bits per heavy atom. The molecule has 0 radical (unpaired) electrons. The molecule has 0 spiro atoms. The van der Waals surface area contributed by atoms with Crippen LogP contribution in [0.15, 0.2) is 34.7 Å². The molecule has 0 fully saturated rings. The molecule has 0 aliphatic rings. The van der Waals surface area contributed by atoms with Crippen LogP contribution in [0.1, 0.15) is 26.0 Å². The third-order valence-electron chi connectivity index (χ3n) is 3.63. The van der Waals surface area contributed by atoms with Crippen molar-refractivity contribution in [2.75, 3.05) is 13.1 Å². The van der Waals surface area contributed by atoms with E-state index >= 15 is 0 Å². The maximum Gasteiger partial charge on any atom is 0.314 e. The Kier molecular flexibility index (Phi) is 5.83. The number of nitrogens with one attached hydrogen (secondary N) is 2. The fourth-order valence-electron chi connectivity index (χ4n) is 2.19. The first-order valence-corrected chi connectivity index (χ1v) is 7.73. The molecular formula is C17H24N2O3. The molecule has 0 bridgehead atoms. The van der Waals surface area contributed by atoms with Gasteiger partial charge in [0.2, 0.25) is 0 Å². The minimum absolute atomic E-state index is 0.206. The number of aliphatic hydroxyl groups excluding tert-OH is 1. The van der Waals surface area contributed by atoms with Crippen LogP contribution in [-0.2, 0) is 6.42 Å². The zero-order valence-corrected chi connectivity index (χ0v) is 13.1. The number of carbonyl (C=O) groups excluding carboxylic acids is 1. The van der Waals surface area contributed by atoms with Gasteiger partial charge < -0.3 is 20.2 Å². The predicted octanol–water partition coefficient (Wildman–Crippen LogP) is 2.68. The second-order valence-corrected chi connectivity index (χ2v) is 5.78. The smallest absolute Gasteiger partial charge is 0.314 e. The number of hydrogen-bond acceptors (Lipinski definition) is 3. The predicted molar refractivity (Wildman–Crippen MR) is 86.8 cm³/mol. The highest BCUT2D eigenvalue weighted by Crippen LogP contribution is 2.18. The molecule has 5 nitrogen and oxygen atoms in total. The van der Waals surface area contributed by atoms with Crippen molar-refractivity contribution in [1.82, 2.24) is 10.6 Å². The van der Waals surface area contributed by atoms with Gasteiger partial charge in [-0.1, -0.05) is 32.0 Å². The van der Waals surface area contributed by atoms with E-state index in [0.29, 0.717) is 25.9 Å². The van der Waals surface area contributed by atoms with Gasteiger partial charge in [0, 0.05) is 24.9 Å². The Hall–Kier alpha value is -2.01. The highest BCUT2D eigenvalue weighted by atomic mass is 16.3. The van der Waals surface area contributed by atoms with Crippen molar-refractivity contribution in [3.63, 3.8) is 0 Å². The second-order valence-electron chi connectivity index (χ2n) is 5.78. The molecule has 1 unspecified atom stereocenters. The normalized spacial score (nSPS) is 12.5. The molecule has 0 aliphatic heterocycles. The van der Waals surface area contributed by atoms with Crippen LogP contribution in [0.5, 0.6) is 0 Å². The highest BCUT2D eigenvalue weighted by Gasteiger charge is 2.09. The molecule has 2 aromatic rings. The molecule has 5 heteroatoms. The molecular weight excluding hydrogens is 280 g/mol. The molecule has 1 aromatic heterocycles. The van der Waals surface area contributed by atoms with Crippen LogP contribution in [0, 0.1) is 5.92 Å². The van der Waals surface area contributed by atoms with Crippen LogP contribution in [0.3, 0.4) is 0 Å². The summed E-state index contributed by atoms with van der Waals surface area (Å²) in [5, 5.41) is 16.3. The lowest BCUT2D eigenvalue weighted by molar-refractivity contribution is 0.116. The molecule has 1 aromatic carbocycles. The van der Waals surface area contributed by atoms with Crippen LogP contribution in [-0.4, -0.2) is 30.3 Å². The summed E-state index contributed by atoms with van der Waals surface area (Å²) < 4.78 is 5.68. The monoisotopic (exact) mass is 304 g/mol. The Bertz CT molecular complexity index is 574. The molecule has 1 heterocycles. The maximum atomic E-state index is 11.6. The summed E-state index contributed by atoms with van der Waals surface area (Å²) in [6, 6.07) is 9.62. The number of rotatable bonds is 7. The lowest BCUT2D eigenvalue weighted by Crippen LogP contribution is -2.38. The van der Waals surface area contributed by atoms with Gasteiger partial charge in [0.25, 0.3) is 0 Å². The summed E-state index contributed by atoms with van der Waals surface area (Å²) in [6.45, 7) is 4.89. The number of urea groups is 1. The Morgan fingerprint density at radius 3 is 2.68 bits per heavy atom. The van der Waals surface area contributed by atoms with Gasteiger partial charge in [0.1, 0.15) is 11.3 Å². The van der Waals surface area contributed by atoms with Gasteiger partial charge in [-0.15, -0.1) is 0 Å². The van der Waals surface area contributed by atoms with Crippen molar-refractivity contribution in [1.29, 1.82) is 0 Å². The van der Waals surface area contributed by atoms with Crippen LogP contribution >= 0.6 is 0 Å². The summed E-state index contributed by atoms with van der Waals surface area (Å²) in [7, 11) is 0. The summed E-state index contributed by atoms with van der Waals surface area (Å²) in [6.07, 6.45) is 0.835. The number of fused-ring (bicyclic) bond motifs is 1. The first kappa shape index (κ1) is 16.4. The molecule has 1 atom stereocenters. The highest BCUT2D eigenvalue weighted by molar-refractivity contribution is 5.77. The summed E-state index contributed by atoms with van der Waals surface area (Å²) in [4.78, 5) is 11.6. The number of para-hydroxylation sites is 1. The number of furan rings is 1. The zero-order valence-electron chi connectivity index (χ0n) is 13.1. The van der Waals surface area contributed by atoms with Crippen LogP contribution < -0.4 is 10.6 Å². The average molecular weight is 304 g/mol. The lowest BCUT2D eigenvalue weighted by Gasteiger charge is -2.14. The van der Waals surface area contributed by atoms with E-state index in [1.807, 2.05) is 44.2 Å². The number of amides is 2. The van der Waals surface area contributed by atoms with Crippen molar-refractivity contribution >= 4 is 17.0 Å². The SMILES string of the molecule is CC(C)C(O)CCNC(=O)NCCc1cc2ccccc2o1. The van der Waals surface area contributed by atoms with Gasteiger partial charge in [-0.3, -0.25) is 0 Å². The fourth-order valence-corrected chi connectivity index (χ4v) is 2.19. The van der Waals surface area contributed by atoms with Crippen LogP contribution in [0.2, 0.25) is 0 Å². The minimum Gasteiger partial charge on any atom is -0.461 e. The quantitative estimate of drug-likeness (QED) is 0.736. The van der Waals surface area contributed by atoms with E-state index in [0.717, 1.165) is 16.7 Å². The van der Waals surface area contributed by atoms with Gasteiger partial charge in [-0.2, -0.15) is 0 Å². The maximum absolute atomic E-state index is 11.6. The molecule has 120 valence electrons. The number of carbonyl (C=O) groups is 1. The third kappa shape index (κ3) is 4.77. The summed E-state index contributed by atoms with van der Waals surface area (Å²) in [5.41, 5.74) is 0.865. The first-order valence-electron chi connectivity index (χ1n) is 7.73. The summed E-state index contributed by atoms with van der Waals surface area (Å²) >= 11 is 0. The molecule has 0 saturated carbocycles. The van der Waals surface area contributed by atoms with Gasteiger partial charge >= 0.3 is 6.03 Å². The Labute approximate surface area is 130 Å². The molecule has 2 amide bonds. The number of benzene rings is 1. The Morgan fingerprint density at radius 1 is 1.23 bits per heavy atom. The van der Waals surface area contributed by atoms with E-state index in [4.69, 9.17) is 4.42 Å². The van der Waals surface area contributed by atoms with Gasteiger partial charge in [0.05, 0.1) is 6.10 Å². The van der Waals surface area contributed by atoms with E-state index in [2.05, 4.69) is 10.6 Å². The van der Waals surface area contributed by atoms with Crippen molar-refractivity contribution < 1.29 is 14.3 Å². The van der Waals surface area contributed by atoms with E-state index in [1.54, 1.807) is 0 Å². The summed E-state index contributed by atoms with van der Waals surface area (Å²) in [5.74, 6) is 1.06. The van der Waals surface area contributed by atoms with E-state index in [-0.39, 0.29) is 18.1 Å². The van der Waals surface area contributed by atoms with Gasteiger partial charge in [0.15, 0.2) is 0 Å². The molecule has 3 N–H and O–H groups in total.